The average Bonchev–Trinajstić information content (AvgIpc) is 3.67. The Morgan fingerprint density at radius 3 is 2.17 bits per heavy atom. The lowest BCUT2D eigenvalue weighted by atomic mass is 9.94. The first-order valence-electron chi connectivity index (χ1n) is 24.8. The largest absolute Gasteiger partial charge is 0.485 e. The van der Waals surface area contributed by atoms with E-state index >= 15 is 4.39 Å². The van der Waals surface area contributed by atoms with Crippen LogP contribution in [-0.4, -0.2) is 131 Å². The Morgan fingerprint density at radius 2 is 1.42 bits per heavy atom. The summed E-state index contributed by atoms with van der Waals surface area (Å²) in [6.45, 7) is 2.44. The van der Waals surface area contributed by atoms with Gasteiger partial charge in [-0.25, -0.2) is 17.8 Å². The molecule has 5 aromatic rings. The lowest BCUT2D eigenvalue weighted by Crippen LogP contribution is -2.54. The fraction of sp³-hybridized carbons (Fsp3) is 0.345. The molecule has 398 valence electrons. The van der Waals surface area contributed by atoms with Gasteiger partial charge in [-0.3, -0.25) is 43.8 Å². The summed E-state index contributed by atoms with van der Waals surface area (Å²) in [5.74, 6) is -3.95. The van der Waals surface area contributed by atoms with Gasteiger partial charge in [0.1, 0.15) is 35.8 Å². The minimum absolute atomic E-state index is 0.00335. The van der Waals surface area contributed by atoms with Crippen molar-refractivity contribution in [2.45, 2.75) is 61.6 Å². The molecule has 0 spiro atoms. The number of ether oxygens (including phenoxy) is 5. The van der Waals surface area contributed by atoms with Crippen LogP contribution in [0.3, 0.4) is 0 Å². The number of fused-ring (bicyclic) bond motifs is 2. The number of nitrogens with two attached hydrogens (primary N) is 1. The Hall–Kier alpha value is -7.56. The number of hydrogen-bond donors (Lipinski definition) is 3. The third-order valence-electron chi connectivity index (χ3n) is 12.8. The Morgan fingerprint density at radius 1 is 0.711 bits per heavy atom. The van der Waals surface area contributed by atoms with Crippen LogP contribution in [0, 0.1) is 5.82 Å². The molecule has 0 aliphatic carbocycles. The van der Waals surface area contributed by atoms with E-state index in [1.54, 1.807) is 42.5 Å². The number of carbonyl (C=O) groups is 7. The number of sulfone groups is 1. The van der Waals surface area contributed by atoms with Gasteiger partial charge in [0.25, 0.3) is 17.7 Å². The zero-order valence-electron chi connectivity index (χ0n) is 41.4. The van der Waals surface area contributed by atoms with E-state index in [4.69, 9.17) is 29.4 Å². The van der Waals surface area contributed by atoms with Gasteiger partial charge in [-0.05, 0) is 77.9 Å². The Labute approximate surface area is 437 Å². The van der Waals surface area contributed by atoms with E-state index in [0.29, 0.717) is 80.2 Å². The number of piperidine rings is 1. The van der Waals surface area contributed by atoms with Gasteiger partial charge in [0.2, 0.25) is 11.8 Å². The van der Waals surface area contributed by atoms with E-state index in [1.807, 2.05) is 6.07 Å². The molecule has 1 saturated heterocycles. The van der Waals surface area contributed by atoms with Gasteiger partial charge in [-0.15, -0.1) is 0 Å². The summed E-state index contributed by atoms with van der Waals surface area (Å²) in [5, 5.41) is 4.96. The highest BCUT2D eigenvalue weighted by Crippen LogP contribution is 2.35. The summed E-state index contributed by atoms with van der Waals surface area (Å²) in [6.07, 6.45) is 2.89. The molecule has 76 heavy (non-hydrogen) atoms. The highest BCUT2D eigenvalue weighted by atomic mass is 32.2. The number of nitrogen functional groups attached to an aromatic ring is 1. The minimum Gasteiger partial charge on any atom is -0.485 e. The van der Waals surface area contributed by atoms with E-state index in [2.05, 4.69) is 15.6 Å². The molecule has 3 aliphatic rings. The van der Waals surface area contributed by atoms with Crippen molar-refractivity contribution in [3.8, 4) is 28.0 Å². The molecule has 1 atom stereocenters. The molecule has 4 N–H and O–H groups in total. The van der Waals surface area contributed by atoms with E-state index in [0.717, 1.165) is 22.1 Å². The third-order valence-corrected chi connectivity index (χ3v) is 14.5. The fourth-order valence-corrected chi connectivity index (χ4v) is 10.3. The van der Waals surface area contributed by atoms with Crippen LogP contribution in [0.5, 0.6) is 5.75 Å². The van der Waals surface area contributed by atoms with Crippen molar-refractivity contribution < 1.29 is 70.1 Å². The topological polar surface area (TPSA) is 266 Å². The molecule has 21 heteroatoms. The normalized spacial score (nSPS) is 15.3. The standard InChI is InChI=1S/C55H56FN5O14S/c56-46-30-41(10-12-42(46)38-29-45(51(57)59-31-38)36-9-11-43-37(28-36)15-17-58-52(43)65)76(69,70)33-35-5-1-4-34(26-35)27-39(62)16-19-72-21-23-74-25-24-73-22-20-71-18-3-6-40(63)32-75-48-8-2-7-44-50(48)55(68)61(54(44)67)47-13-14-49(64)60-53(47)66/h1-2,4-5,7-12,26,28-31,47H,3,6,13-25,27,32-33H2,(H2,57,59)(H,58,65)(H,60,64,66). The number of carbonyl (C=O) groups excluding carboxylic acids is 7. The number of rotatable bonds is 27. The Bertz CT molecular complexity index is 3170. The van der Waals surface area contributed by atoms with Crippen LogP contribution in [-0.2, 0) is 66.6 Å². The van der Waals surface area contributed by atoms with Gasteiger partial charge in [-0.1, -0.05) is 48.5 Å². The number of halogens is 1. The number of nitrogens with zero attached hydrogens (tertiary/aromatic N) is 2. The monoisotopic (exact) mass is 1060 g/mol. The highest BCUT2D eigenvalue weighted by molar-refractivity contribution is 7.90. The summed E-state index contributed by atoms with van der Waals surface area (Å²) < 4.78 is 70.4. The average molecular weight is 1060 g/mol. The SMILES string of the molecule is Nc1ncc(-c2ccc(S(=O)(=O)Cc3cccc(CC(=O)CCOCCOCCOCCOCCCC(=O)COc4cccc5c4C(=O)N(C4CCC(=O)NC4=O)C5=O)c3)cc2F)cc1-c1ccc2c(c1)CCNC2=O. The predicted molar refractivity (Wildman–Crippen MR) is 272 cm³/mol. The summed E-state index contributed by atoms with van der Waals surface area (Å²) in [5.41, 5.74) is 10.6. The van der Waals surface area contributed by atoms with Crippen LogP contribution in [0.15, 0.2) is 96.0 Å². The number of amides is 5. The van der Waals surface area contributed by atoms with E-state index < -0.39 is 51.1 Å². The molecule has 0 radical (unpaired) electrons. The maximum atomic E-state index is 15.7. The van der Waals surface area contributed by atoms with Crippen molar-refractivity contribution in [3.05, 3.63) is 130 Å². The van der Waals surface area contributed by atoms with E-state index in [9.17, 15) is 42.0 Å². The predicted octanol–water partition coefficient (Wildman–Crippen LogP) is 4.79. The number of anilines is 1. The number of imide groups is 2. The molecule has 19 nitrogen and oxygen atoms in total. The molecule has 1 unspecified atom stereocenters. The maximum Gasteiger partial charge on any atom is 0.266 e. The summed E-state index contributed by atoms with van der Waals surface area (Å²) in [4.78, 5) is 92.6. The van der Waals surface area contributed by atoms with Crippen molar-refractivity contribution in [1.82, 2.24) is 20.5 Å². The first kappa shape index (κ1) is 54.7. The second-order valence-electron chi connectivity index (χ2n) is 18.2. The first-order chi connectivity index (χ1) is 36.7. The number of aromatic nitrogens is 1. The van der Waals surface area contributed by atoms with Gasteiger partial charge in [0.05, 0.1) is 68.0 Å². The summed E-state index contributed by atoms with van der Waals surface area (Å²) in [7, 11) is -3.98. The Kier molecular flexibility index (Phi) is 18.2. The van der Waals surface area contributed by atoms with Crippen LogP contribution in [0.2, 0.25) is 0 Å². The van der Waals surface area contributed by atoms with Gasteiger partial charge < -0.3 is 34.7 Å². The molecular weight excluding hydrogens is 1010 g/mol. The number of hydrogen-bond acceptors (Lipinski definition) is 16. The minimum atomic E-state index is -3.98. The van der Waals surface area contributed by atoms with Crippen molar-refractivity contribution in [2.24, 2.45) is 0 Å². The summed E-state index contributed by atoms with van der Waals surface area (Å²) in [6, 6.07) is 20.8. The van der Waals surface area contributed by atoms with Gasteiger partial charge in [0, 0.05) is 67.3 Å². The zero-order chi connectivity index (χ0) is 53.8. The number of nitrogens with one attached hydrogen (secondary N) is 2. The Balaban J connectivity index is 0.659. The van der Waals surface area contributed by atoms with Crippen LogP contribution in [0.25, 0.3) is 22.3 Å². The van der Waals surface area contributed by atoms with Crippen molar-refractivity contribution in [2.75, 3.05) is 71.7 Å². The number of ketones is 2. The highest BCUT2D eigenvalue weighted by Gasteiger charge is 2.46. The lowest BCUT2D eigenvalue weighted by Gasteiger charge is -2.27. The molecule has 1 fully saturated rings. The molecule has 4 aromatic carbocycles. The fourth-order valence-electron chi connectivity index (χ4n) is 8.97. The lowest BCUT2D eigenvalue weighted by molar-refractivity contribution is -0.136. The van der Waals surface area contributed by atoms with Gasteiger partial charge in [0.15, 0.2) is 15.6 Å². The second kappa shape index (κ2) is 25.3. The number of benzene rings is 4. The quantitative estimate of drug-likeness (QED) is 0.0471. The molecular formula is C55H56FN5O14S. The van der Waals surface area contributed by atoms with Crippen LogP contribution >= 0.6 is 0 Å². The smallest absolute Gasteiger partial charge is 0.266 e. The molecule has 0 bridgehead atoms. The van der Waals surface area contributed by atoms with E-state index in [-0.39, 0.29) is 109 Å². The number of pyridine rings is 1. The van der Waals surface area contributed by atoms with Gasteiger partial charge in [-0.2, -0.15) is 0 Å². The van der Waals surface area contributed by atoms with Crippen LogP contribution in [0.1, 0.15) is 79.9 Å². The van der Waals surface area contributed by atoms with Gasteiger partial charge >= 0.3 is 0 Å². The van der Waals surface area contributed by atoms with Crippen LogP contribution in [0.4, 0.5) is 10.2 Å². The second-order valence-corrected chi connectivity index (χ2v) is 20.2. The van der Waals surface area contributed by atoms with Crippen LogP contribution < -0.4 is 21.1 Å². The third kappa shape index (κ3) is 13.6. The van der Waals surface area contributed by atoms with E-state index in [1.165, 1.54) is 36.5 Å². The molecule has 1 aromatic heterocycles. The zero-order valence-corrected chi connectivity index (χ0v) is 42.3. The molecule has 5 amide bonds. The first-order valence-corrected chi connectivity index (χ1v) is 26.4. The maximum absolute atomic E-state index is 15.7. The molecule has 8 rings (SSSR count). The van der Waals surface area contributed by atoms with Crippen molar-refractivity contribution in [3.63, 3.8) is 0 Å². The van der Waals surface area contributed by atoms with Crippen molar-refractivity contribution >= 4 is 56.8 Å². The summed E-state index contributed by atoms with van der Waals surface area (Å²) >= 11 is 0. The molecule has 4 heterocycles. The molecule has 3 aliphatic heterocycles. The van der Waals surface area contributed by atoms with Crippen molar-refractivity contribution in [1.29, 1.82) is 0 Å². The molecule has 0 saturated carbocycles. The number of Topliss-reactive ketones (excluding diaryl/α,β-unsaturated/α-hetero) is 2.